The van der Waals surface area contributed by atoms with Gasteiger partial charge in [0.25, 0.3) is 0 Å². The Hall–Kier alpha value is -2.33. The Kier molecular flexibility index (Phi) is 5.27. The van der Waals surface area contributed by atoms with Crippen LogP contribution in [0.15, 0.2) is 54.6 Å². The SMILES string of the molecule is O=C(CCOc1ccccc1)NC[C@@H]1OCCc2ccccc21. The number of hydrogen-bond acceptors (Lipinski definition) is 3. The molecule has 0 saturated carbocycles. The monoisotopic (exact) mass is 311 g/mol. The average molecular weight is 311 g/mol. The zero-order chi connectivity index (χ0) is 15.9. The molecular weight excluding hydrogens is 290 g/mol. The number of nitrogens with one attached hydrogen (secondary N) is 1. The molecule has 1 N–H and O–H groups in total. The zero-order valence-electron chi connectivity index (χ0n) is 13.0. The van der Waals surface area contributed by atoms with Crippen LogP contribution in [0.4, 0.5) is 0 Å². The highest BCUT2D eigenvalue weighted by molar-refractivity contribution is 5.76. The standard InChI is InChI=1S/C19H21NO3/c21-19(11-13-22-16-7-2-1-3-8-16)20-14-18-17-9-5-4-6-15(17)10-12-23-18/h1-9,18H,10-14H2,(H,20,21)/t18-/m0/s1. The van der Waals surface area contributed by atoms with Crippen molar-refractivity contribution in [2.75, 3.05) is 19.8 Å². The summed E-state index contributed by atoms with van der Waals surface area (Å²) in [5.74, 6) is 0.762. The van der Waals surface area contributed by atoms with Gasteiger partial charge in [-0.2, -0.15) is 0 Å². The Labute approximate surface area is 136 Å². The van der Waals surface area contributed by atoms with Gasteiger partial charge in [0, 0.05) is 6.54 Å². The van der Waals surface area contributed by atoms with E-state index >= 15 is 0 Å². The Balaban J connectivity index is 1.43. The molecule has 1 aliphatic heterocycles. The molecule has 23 heavy (non-hydrogen) atoms. The van der Waals surface area contributed by atoms with Crippen LogP contribution in [-0.4, -0.2) is 25.7 Å². The fraction of sp³-hybridized carbons (Fsp3) is 0.316. The lowest BCUT2D eigenvalue weighted by Crippen LogP contribution is -2.32. The smallest absolute Gasteiger partial charge is 0.223 e. The number of hydrogen-bond donors (Lipinski definition) is 1. The molecule has 0 aromatic heterocycles. The first-order valence-corrected chi connectivity index (χ1v) is 7.97. The van der Waals surface area contributed by atoms with E-state index in [9.17, 15) is 4.79 Å². The lowest BCUT2D eigenvalue weighted by Gasteiger charge is -2.26. The van der Waals surface area contributed by atoms with Gasteiger partial charge in [0.1, 0.15) is 11.9 Å². The summed E-state index contributed by atoms with van der Waals surface area (Å²) in [6.45, 7) is 1.58. The van der Waals surface area contributed by atoms with Gasteiger partial charge in [0.05, 0.1) is 19.6 Å². The molecule has 2 aromatic rings. The predicted molar refractivity (Wildman–Crippen MR) is 88.4 cm³/mol. The first-order valence-electron chi connectivity index (χ1n) is 7.97. The second-order valence-electron chi connectivity index (χ2n) is 5.52. The summed E-state index contributed by atoms with van der Waals surface area (Å²) in [5, 5.41) is 2.94. The van der Waals surface area contributed by atoms with Crippen LogP contribution in [0.3, 0.4) is 0 Å². The largest absolute Gasteiger partial charge is 0.493 e. The number of carbonyl (C=O) groups excluding carboxylic acids is 1. The molecule has 0 fully saturated rings. The summed E-state index contributed by atoms with van der Waals surface area (Å²) < 4.78 is 11.3. The highest BCUT2D eigenvalue weighted by Crippen LogP contribution is 2.26. The molecule has 4 nitrogen and oxygen atoms in total. The van der Waals surface area contributed by atoms with Crippen molar-refractivity contribution in [3.63, 3.8) is 0 Å². The Bertz CT molecular complexity index is 642. The number of fused-ring (bicyclic) bond motifs is 1. The molecule has 0 spiro atoms. The van der Waals surface area contributed by atoms with Crippen LogP contribution in [0.2, 0.25) is 0 Å². The number of benzene rings is 2. The molecule has 0 unspecified atom stereocenters. The van der Waals surface area contributed by atoms with E-state index in [-0.39, 0.29) is 12.0 Å². The minimum atomic E-state index is -0.0565. The maximum Gasteiger partial charge on any atom is 0.223 e. The van der Waals surface area contributed by atoms with Gasteiger partial charge in [-0.3, -0.25) is 4.79 Å². The van der Waals surface area contributed by atoms with Gasteiger partial charge in [-0.05, 0) is 29.7 Å². The van der Waals surface area contributed by atoms with Gasteiger partial charge < -0.3 is 14.8 Å². The predicted octanol–water partition coefficient (Wildman–Crippen LogP) is 2.89. The van der Waals surface area contributed by atoms with Gasteiger partial charge in [-0.25, -0.2) is 0 Å². The summed E-state index contributed by atoms with van der Waals surface area (Å²) in [6.07, 6.45) is 1.22. The molecule has 1 heterocycles. The molecular formula is C19H21NO3. The second kappa shape index (κ2) is 7.79. The van der Waals surface area contributed by atoms with Crippen LogP contribution in [0, 0.1) is 0 Å². The van der Waals surface area contributed by atoms with Gasteiger partial charge in [-0.1, -0.05) is 42.5 Å². The molecule has 1 aliphatic rings. The van der Waals surface area contributed by atoms with Gasteiger partial charge in [-0.15, -0.1) is 0 Å². The van der Waals surface area contributed by atoms with Crippen molar-refractivity contribution in [1.29, 1.82) is 0 Å². The van der Waals surface area contributed by atoms with Crippen molar-refractivity contribution in [3.8, 4) is 5.75 Å². The molecule has 1 atom stereocenters. The number of ether oxygens (including phenoxy) is 2. The van der Waals surface area contributed by atoms with Gasteiger partial charge in [0.2, 0.25) is 5.91 Å². The van der Waals surface area contributed by atoms with Gasteiger partial charge in [0.15, 0.2) is 0 Å². The third kappa shape index (κ3) is 4.33. The van der Waals surface area contributed by atoms with E-state index in [0.717, 1.165) is 12.2 Å². The Morgan fingerprint density at radius 1 is 1.13 bits per heavy atom. The van der Waals surface area contributed by atoms with E-state index in [1.165, 1.54) is 11.1 Å². The Morgan fingerprint density at radius 3 is 2.78 bits per heavy atom. The zero-order valence-corrected chi connectivity index (χ0v) is 13.0. The fourth-order valence-electron chi connectivity index (χ4n) is 2.72. The lowest BCUT2D eigenvalue weighted by atomic mass is 9.97. The quantitative estimate of drug-likeness (QED) is 0.892. The fourth-order valence-corrected chi connectivity index (χ4v) is 2.72. The topological polar surface area (TPSA) is 47.6 Å². The van der Waals surface area contributed by atoms with E-state index < -0.39 is 0 Å². The van der Waals surface area contributed by atoms with Gasteiger partial charge >= 0.3 is 0 Å². The summed E-state index contributed by atoms with van der Waals surface area (Å²) in [4.78, 5) is 11.9. The summed E-state index contributed by atoms with van der Waals surface area (Å²) >= 11 is 0. The maximum absolute atomic E-state index is 11.9. The molecule has 4 heteroatoms. The normalized spacial score (nSPS) is 16.4. The minimum Gasteiger partial charge on any atom is -0.493 e. The van der Waals surface area contributed by atoms with Crippen molar-refractivity contribution in [2.45, 2.75) is 18.9 Å². The molecule has 2 aromatic carbocycles. The van der Waals surface area contributed by atoms with Crippen molar-refractivity contribution in [3.05, 3.63) is 65.7 Å². The average Bonchev–Trinajstić information content (AvgIpc) is 2.61. The van der Waals surface area contributed by atoms with Crippen LogP contribution in [0.25, 0.3) is 0 Å². The van der Waals surface area contributed by atoms with Crippen molar-refractivity contribution >= 4 is 5.91 Å². The van der Waals surface area contributed by atoms with Crippen LogP contribution < -0.4 is 10.1 Å². The van der Waals surface area contributed by atoms with E-state index in [4.69, 9.17) is 9.47 Å². The van der Waals surface area contributed by atoms with E-state index in [1.807, 2.05) is 42.5 Å². The third-order valence-corrected chi connectivity index (χ3v) is 3.92. The third-order valence-electron chi connectivity index (χ3n) is 3.92. The van der Waals surface area contributed by atoms with Crippen molar-refractivity contribution in [1.82, 2.24) is 5.32 Å². The van der Waals surface area contributed by atoms with Crippen LogP contribution in [0.1, 0.15) is 23.7 Å². The summed E-state index contributed by atoms with van der Waals surface area (Å²) in [5.41, 5.74) is 2.49. The van der Waals surface area contributed by atoms with Crippen molar-refractivity contribution < 1.29 is 14.3 Å². The molecule has 0 bridgehead atoms. The molecule has 0 saturated heterocycles. The molecule has 3 rings (SSSR count). The van der Waals surface area contributed by atoms with Crippen LogP contribution in [-0.2, 0) is 16.0 Å². The van der Waals surface area contributed by atoms with Crippen molar-refractivity contribution in [2.24, 2.45) is 0 Å². The molecule has 0 radical (unpaired) electrons. The number of amides is 1. The molecule has 1 amide bonds. The number of carbonyl (C=O) groups is 1. The molecule has 120 valence electrons. The van der Waals surface area contributed by atoms with E-state index in [0.29, 0.717) is 26.2 Å². The summed E-state index contributed by atoms with van der Waals surface area (Å²) in [6, 6.07) is 17.8. The maximum atomic E-state index is 11.9. The second-order valence-corrected chi connectivity index (χ2v) is 5.52. The van der Waals surface area contributed by atoms with E-state index in [1.54, 1.807) is 0 Å². The summed E-state index contributed by atoms with van der Waals surface area (Å²) in [7, 11) is 0. The van der Waals surface area contributed by atoms with Crippen LogP contribution >= 0.6 is 0 Å². The minimum absolute atomic E-state index is 0.0208. The van der Waals surface area contributed by atoms with Crippen LogP contribution in [0.5, 0.6) is 5.75 Å². The Morgan fingerprint density at radius 2 is 1.91 bits per heavy atom. The first kappa shape index (κ1) is 15.6. The number of rotatable bonds is 6. The highest BCUT2D eigenvalue weighted by Gasteiger charge is 2.20. The first-order chi connectivity index (χ1) is 11.3. The van der Waals surface area contributed by atoms with E-state index in [2.05, 4.69) is 17.4 Å². The molecule has 0 aliphatic carbocycles. The lowest BCUT2D eigenvalue weighted by molar-refractivity contribution is -0.122. The number of para-hydroxylation sites is 1. The highest BCUT2D eigenvalue weighted by atomic mass is 16.5.